The van der Waals surface area contributed by atoms with Gasteiger partial charge in [0.25, 0.3) is 11.8 Å². The maximum atomic E-state index is 14.4. The van der Waals surface area contributed by atoms with E-state index in [0.29, 0.717) is 23.0 Å². The summed E-state index contributed by atoms with van der Waals surface area (Å²) >= 11 is 0. The quantitative estimate of drug-likeness (QED) is 0.205. The number of para-hydroxylation sites is 2. The molecule has 3 aromatic carbocycles. The monoisotopic (exact) mass is 564 g/mol. The molecule has 7 heteroatoms. The van der Waals surface area contributed by atoms with Crippen LogP contribution in [0, 0.1) is 17.8 Å². The van der Waals surface area contributed by atoms with Crippen molar-refractivity contribution in [1.29, 1.82) is 0 Å². The number of nitrogens with one attached hydrogen (secondary N) is 2. The lowest BCUT2D eigenvalue weighted by molar-refractivity contribution is -0.164. The molecule has 218 valence electrons. The summed E-state index contributed by atoms with van der Waals surface area (Å²) in [6.07, 6.45) is 2.47. The summed E-state index contributed by atoms with van der Waals surface area (Å²) in [6, 6.07) is 16.4. The van der Waals surface area contributed by atoms with Crippen LogP contribution in [0.25, 0.3) is 43.6 Å². The predicted octanol–water partition coefficient (Wildman–Crippen LogP) is 7.93. The Morgan fingerprint density at radius 1 is 0.833 bits per heavy atom. The second-order valence-electron chi connectivity index (χ2n) is 12.4. The number of benzene rings is 3. The lowest BCUT2D eigenvalue weighted by Crippen LogP contribution is -2.47. The number of carbonyl (C=O) groups excluding carboxylic acids is 2. The number of amides is 2. The largest absolute Gasteiger partial charge is 0.354 e. The number of hydrogen-bond acceptors (Lipinski definition) is 4. The van der Waals surface area contributed by atoms with E-state index in [4.69, 9.17) is 4.74 Å². The fraction of sp³-hybridized carbons (Fsp3) is 0.429. The summed E-state index contributed by atoms with van der Waals surface area (Å²) < 4.78 is 9.29. The third-order valence-corrected chi connectivity index (χ3v) is 10.4. The highest BCUT2D eigenvalue weighted by atomic mass is 16.5. The Labute approximate surface area is 246 Å². The van der Waals surface area contributed by atoms with E-state index in [1.54, 1.807) is 0 Å². The SMILES string of the molecule is CCC(CC)NN1C(=O)c2c(c3c4ccccc4n(C4OC(CC)C(C)C(C)C4C)c3c3[nH]c4ccccc4c23)C1=O. The van der Waals surface area contributed by atoms with Crippen LogP contribution >= 0.6 is 0 Å². The van der Waals surface area contributed by atoms with Crippen molar-refractivity contribution in [2.75, 3.05) is 0 Å². The third kappa shape index (κ3) is 3.59. The molecule has 7 rings (SSSR count). The number of rotatable bonds is 6. The fourth-order valence-electron chi connectivity index (χ4n) is 7.64. The molecule has 1 saturated heterocycles. The molecule has 2 amide bonds. The molecule has 42 heavy (non-hydrogen) atoms. The van der Waals surface area contributed by atoms with E-state index in [0.717, 1.165) is 62.9 Å². The topological polar surface area (TPSA) is 79.4 Å². The minimum Gasteiger partial charge on any atom is -0.354 e. The number of hydrogen-bond donors (Lipinski definition) is 2. The molecule has 0 bridgehead atoms. The van der Waals surface area contributed by atoms with Gasteiger partial charge >= 0.3 is 0 Å². The second kappa shape index (κ2) is 9.96. The number of ether oxygens (including phenoxy) is 1. The van der Waals surface area contributed by atoms with Gasteiger partial charge in [-0.05, 0) is 43.2 Å². The first kappa shape index (κ1) is 27.2. The molecule has 0 radical (unpaired) electrons. The molecule has 2 aliphatic rings. The lowest BCUT2D eigenvalue weighted by atomic mass is 9.77. The van der Waals surface area contributed by atoms with Gasteiger partial charge in [0.05, 0.1) is 33.8 Å². The summed E-state index contributed by atoms with van der Waals surface area (Å²) in [5.41, 5.74) is 8.00. The van der Waals surface area contributed by atoms with Gasteiger partial charge in [-0.2, -0.15) is 0 Å². The highest BCUT2D eigenvalue weighted by Crippen LogP contribution is 2.49. The smallest absolute Gasteiger partial charge is 0.276 e. The Hall–Kier alpha value is -3.68. The first-order chi connectivity index (χ1) is 20.3. The molecule has 5 unspecified atom stereocenters. The van der Waals surface area contributed by atoms with Crippen molar-refractivity contribution in [3.63, 3.8) is 0 Å². The van der Waals surface area contributed by atoms with Gasteiger partial charge in [0.2, 0.25) is 0 Å². The van der Waals surface area contributed by atoms with E-state index in [1.165, 1.54) is 5.01 Å². The lowest BCUT2D eigenvalue weighted by Gasteiger charge is -2.44. The number of carbonyl (C=O) groups is 2. The molecular formula is C35H40N4O3. The molecule has 0 saturated carbocycles. The average Bonchev–Trinajstić information content (AvgIpc) is 3.63. The summed E-state index contributed by atoms with van der Waals surface area (Å²) in [6.45, 7) is 13.2. The van der Waals surface area contributed by atoms with Gasteiger partial charge in [0.15, 0.2) is 0 Å². The van der Waals surface area contributed by atoms with Crippen molar-refractivity contribution >= 4 is 55.4 Å². The predicted molar refractivity (Wildman–Crippen MR) is 169 cm³/mol. The molecule has 2 N–H and O–H groups in total. The molecule has 4 heterocycles. The van der Waals surface area contributed by atoms with Crippen LogP contribution in [0.2, 0.25) is 0 Å². The molecule has 0 aliphatic carbocycles. The number of imide groups is 1. The third-order valence-electron chi connectivity index (χ3n) is 10.4. The zero-order valence-electron chi connectivity index (χ0n) is 25.3. The molecule has 2 aliphatic heterocycles. The molecule has 7 nitrogen and oxygen atoms in total. The van der Waals surface area contributed by atoms with Crippen molar-refractivity contribution in [2.24, 2.45) is 17.8 Å². The van der Waals surface area contributed by atoms with Gasteiger partial charge in [0.1, 0.15) is 6.23 Å². The first-order valence-corrected chi connectivity index (χ1v) is 15.6. The number of aromatic amines is 1. The van der Waals surface area contributed by atoms with Crippen LogP contribution in [0.1, 0.15) is 87.7 Å². The zero-order valence-corrected chi connectivity index (χ0v) is 25.3. The summed E-state index contributed by atoms with van der Waals surface area (Å²) in [7, 11) is 0. The standard InChI is InChI=1S/C35H40N4O3/c1-7-21(8-2)37-39-33(40)29-27-22-14-10-12-16-24(22)36-31(27)32-28(30(29)34(39)41)23-15-11-13-17-25(23)38(32)35-20(6)18(4)19(5)26(9-3)42-35/h10-21,26,35-37H,7-9H2,1-6H3. The Morgan fingerprint density at radius 3 is 2.17 bits per heavy atom. The minimum absolute atomic E-state index is 0.0217. The molecule has 0 spiro atoms. The van der Waals surface area contributed by atoms with Crippen LogP contribution in [0.15, 0.2) is 48.5 Å². The Balaban J connectivity index is 1.62. The van der Waals surface area contributed by atoms with Crippen LogP contribution in [0.3, 0.4) is 0 Å². The first-order valence-electron chi connectivity index (χ1n) is 15.6. The highest BCUT2D eigenvalue weighted by molar-refractivity contribution is 6.39. The number of hydrazine groups is 1. The van der Waals surface area contributed by atoms with E-state index in [1.807, 2.05) is 36.4 Å². The van der Waals surface area contributed by atoms with Crippen molar-refractivity contribution < 1.29 is 14.3 Å². The highest BCUT2D eigenvalue weighted by Gasteiger charge is 2.45. The summed E-state index contributed by atoms with van der Waals surface area (Å²) in [5.74, 6) is 0.551. The van der Waals surface area contributed by atoms with Crippen LogP contribution in [-0.4, -0.2) is 38.5 Å². The van der Waals surface area contributed by atoms with E-state index in [9.17, 15) is 9.59 Å². The van der Waals surface area contributed by atoms with Gasteiger partial charge in [-0.15, -0.1) is 0 Å². The average molecular weight is 565 g/mol. The van der Waals surface area contributed by atoms with Gasteiger partial charge in [-0.3, -0.25) is 9.59 Å². The van der Waals surface area contributed by atoms with E-state index in [2.05, 4.69) is 68.7 Å². The van der Waals surface area contributed by atoms with E-state index >= 15 is 0 Å². The van der Waals surface area contributed by atoms with Crippen molar-refractivity contribution in [2.45, 2.75) is 79.2 Å². The van der Waals surface area contributed by atoms with Crippen molar-refractivity contribution in [3.8, 4) is 0 Å². The van der Waals surface area contributed by atoms with E-state index in [-0.39, 0.29) is 36.1 Å². The number of fused-ring (bicyclic) bond motifs is 10. The Morgan fingerprint density at radius 2 is 1.48 bits per heavy atom. The minimum atomic E-state index is -0.286. The van der Waals surface area contributed by atoms with Gasteiger partial charge in [-0.1, -0.05) is 77.9 Å². The fourth-order valence-corrected chi connectivity index (χ4v) is 7.64. The second-order valence-corrected chi connectivity index (χ2v) is 12.4. The number of aromatic nitrogens is 2. The van der Waals surface area contributed by atoms with Crippen LogP contribution < -0.4 is 5.43 Å². The van der Waals surface area contributed by atoms with Crippen LogP contribution in [-0.2, 0) is 4.74 Å². The van der Waals surface area contributed by atoms with Crippen LogP contribution in [0.5, 0.6) is 0 Å². The molecule has 2 aromatic heterocycles. The maximum absolute atomic E-state index is 14.4. The van der Waals surface area contributed by atoms with E-state index < -0.39 is 0 Å². The normalized spacial score (nSPS) is 24.7. The van der Waals surface area contributed by atoms with Gasteiger partial charge < -0.3 is 14.3 Å². The molecule has 5 atom stereocenters. The van der Waals surface area contributed by atoms with Crippen molar-refractivity contribution in [1.82, 2.24) is 20.0 Å². The number of nitrogens with zero attached hydrogens (tertiary/aromatic N) is 2. The molecule has 5 aromatic rings. The Bertz CT molecular complexity index is 1880. The molecule has 1 fully saturated rings. The Kier molecular flexibility index (Phi) is 6.44. The van der Waals surface area contributed by atoms with Crippen molar-refractivity contribution in [3.05, 3.63) is 59.7 Å². The summed E-state index contributed by atoms with van der Waals surface area (Å²) in [5, 5.41) is 4.80. The zero-order chi connectivity index (χ0) is 29.4. The molecular weight excluding hydrogens is 524 g/mol. The van der Waals surface area contributed by atoms with Crippen LogP contribution in [0.4, 0.5) is 0 Å². The number of H-pyrrole nitrogens is 1. The summed E-state index contributed by atoms with van der Waals surface area (Å²) in [4.78, 5) is 32.3. The maximum Gasteiger partial charge on any atom is 0.276 e. The van der Waals surface area contributed by atoms with Gasteiger partial charge in [-0.25, -0.2) is 10.4 Å². The van der Waals surface area contributed by atoms with Gasteiger partial charge in [0, 0.05) is 39.0 Å².